The SMILES string of the molecule is O=S(=O)(NC1CCCCC1)c1ccc(N=Cc2c3ccccc3cc3ccccc23)cc1. The zero-order valence-corrected chi connectivity index (χ0v) is 18.7. The summed E-state index contributed by atoms with van der Waals surface area (Å²) in [5, 5.41) is 4.63. The molecule has 32 heavy (non-hydrogen) atoms. The van der Waals surface area contributed by atoms with Crippen LogP contribution in [0.2, 0.25) is 0 Å². The Hall–Kier alpha value is -3.02. The standard InChI is InChI=1S/C27H26N2O2S/c30-32(31,29-23-10-2-1-3-11-23)24-16-14-22(15-17-24)28-19-27-25-12-6-4-8-20(25)18-21-9-5-7-13-26(21)27/h4-9,12-19,23,29H,1-3,10-11H2. The van der Waals surface area contributed by atoms with E-state index in [9.17, 15) is 8.42 Å². The van der Waals surface area contributed by atoms with Crippen molar-refractivity contribution >= 4 is 43.5 Å². The van der Waals surface area contributed by atoms with Gasteiger partial charge >= 0.3 is 0 Å². The quantitative estimate of drug-likeness (QED) is 0.289. The van der Waals surface area contributed by atoms with Crippen molar-refractivity contribution in [3.63, 3.8) is 0 Å². The Balaban J connectivity index is 1.43. The van der Waals surface area contributed by atoms with E-state index in [4.69, 9.17) is 0 Å². The van der Waals surface area contributed by atoms with Gasteiger partial charge in [-0.15, -0.1) is 0 Å². The van der Waals surface area contributed by atoms with Gasteiger partial charge in [-0.2, -0.15) is 0 Å². The molecule has 1 fully saturated rings. The topological polar surface area (TPSA) is 58.5 Å². The summed E-state index contributed by atoms with van der Waals surface area (Å²) in [4.78, 5) is 4.96. The number of fused-ring (bicyclic) bond motifs is 2. The predicted octanol–water partition coefficient (Wildman–Crippen LogP) is 6.35. The van der Waals surface area contributed by atoms with Gasteiger partial charge in [-0.05, 0) is 64.7 Å². The van der Waals surface area contributed by atoms with Gasteiger partial charge in [0, 0.05) is 17.8 Å². The lowest BCUT2D eigenvalue weighted by Crippen LogP contribution is -2.36. The molecule has 4 aromatic rings. The van der Waals surface area contributed by atoms with Gasteiger partial charge in [0.2, 0.25) is 10.0 Å². The van der Waals surface area contributed by atoms with Gasteiger partial charge in [0.15, 0.2) is 0 Å². The van der Waals surface area contributed by atoms with Crippen molar-refractivity contribution in [3.05, 3.63) is 84.4 Å². The van der Waals surface area contributed by atoms with Crippen molar-refractivity contribution in [1.82, 2.24) is 4.72 Å². The summed E-state index contributed by atoms with van der Waals surface area (Å²) in [5.74, 6) is 0. The van der Waals surface area contributed by atoms with Gasteiger partial charge in [0.25, 0.3) is 0 Å². The lowest BCUT2D eigenvalue weighted by molar-refractivity contribution is 0.412. The highest BCUT2D eigenvalue weighted by Crippen LogP contribution is 2.28. The summed E-state index contributed by atoms with van der Waals surface area (Å²) < 4.78 is 28.3. The Morgan fingerprint density at radius 1 is 0.781 bits per heavy atom. The van der Waals surface area contributed by atoms with Crippen LogP contribution < -0.4 is 4.72 Å². The molecule has 0 amide bonds. The highest BCUT2D eigenvalue weighted by Gasteiger charge is 2.21. The zero-order valence-electron chi connectivity index (χ0n) is 17.9. The normalized spacial score (nSPS) is 15.6. The summed E-state index contributed by atoms with van der Waals surface area (Å²) in [7, 11) is -3.50. The van der Waals surface area contributed by atoms with Crippen LogP contribution in [0.5, 0.6) is 0 Å². The third-order valence-electron chi connectivity index (χ3n) is 6.23. The van der Waals surface area contributed by atoms with Gasteiger partial charge in [-0.25, -0.2) is 13.1 Å². The molecule has 1 aliphatic rings. The Morgan fingerprint density at radius 2 is 1.38 bits per heavy atom. The molecule has 1 aliphatic carbocycles. The van der Waals surface area contributed by atoms with Crippen LogP contribution in [0.1, 0.15) is 37.7 Å². The van der Waals surface area contributed by atoms with Gasteiger partial charge in [0.05, 0.1) is 10.6 Å². The molecule has 5 heteroatoms. The Bertz CT molecular complexity index is 1330. The van der Waals surface area contributed by atoms with Crippen molar-refractivity contribution in [2.75, 3.05) is 0 Å². The Kier molecular flexibility index (Phi) is 5.77. The molecule has 0 saturated heterocycles. The van der Waals surface area contributed by atoms with Gasteiger partial charge < -0.3 is 0 Å². The molecule has 5 rings (SSSR count). The number of rotatable bonds is 5. The fourth-order valence-corrected chi connectivity index (χ4v) is 5.85. The van der Waals surface area contributed by atoms with E-state index in [0.29, 0.717) is 0 Å². The maximum atomic E-state index is 12.7. The first-order valence-electron chi connectivity index (χ1n) is 11.2. The summed E-state index contributed by atoms with van der Waals surface area (Å²) in [6.07, 6.45) is 7.08. The van der Waals surface area contributed by atoms with E-state index in [1.54, 1.807) is 24.3 Å². The van der Waals surface area contributed by atoms with E-state index < -0.39 is 10.0 Å². The van der Waals surface area contributed by atoms with Crippen LogP contribution in [0.3, 0.4) is 0 Å². The van der Waals surface area contributed by atoms with Crippen LogP contribution in [0.25, 0.3) is 21.5 Å². The molecule has 1 N–H and O–H groups in total. The monoisotopic (exact) mass is 442 g/mol. The molecule has 0 spiro atoms. The Morgan fingerprint density at radius 3 is 2.00 bits per heavy atom. The van der Waals surface area contributed by atoms with Crippen molar-refractivity contribution in [3.8, 4) is 0 Å². The third kappa shape index (κ3) is 4.31. The average Bonchev–Trinajstić information content (AvgIpc) is 2.82. The van der Waals surface area contributed by atoms with E-state index in [0.717, 1.165) is 47.7 Å². The number of nitrogens with one attached hydrogen (secondary N) is 1. The fraction of sp³-hybridized carbons (Fsp3) is 0.222. The molecule has 0 atom stereocenters. The maximum Gasteiger partial charge on any atom is 0.240 e. The predicted molar refractivity (Wildman–Crippen MR) is 132 cm³/mol. The lowest BCUT2D eigenvalue weighted by Gasteiger charge is -2.22. The van der Waals surface area contributed by atoms with Crippen LogP contribution in [0, 0.1) is 0 Å². The molecule has 0 unspecified atom stereocenters. The third-order valence-corrected chi connectivity index (χ3v) is 7.77. The molecule has 4 aromatic carbocycles. The van der Waals surface area contributed by atoms with Gasteiger partial charge in [0.1, 0.15) is 0 Å². The van der Waals surface area contributed by atoms with Crippen LogP contribution in [0.4, 0.5) is 5.69 Å². The highest BCUT2D eigenvalue weighted by molar-refractivity contribution is 7.89. The first kappa shape index (κ1) is 20.9. The number of sulfonamides is 1. The zero-order chi connectivity index (χ0) is 22.0. The summed E-state index contributed by atoms with van der Waals surface area (Å²) >= 11 is 0. The van der Waals surface area contributed by atoms with Gasteiger partial charge in [-0.1, -0.05) is 67.8 Å². The maximum absolute atomic E-state index is 12.7. The number of hydrogen-bond donors (Lipinski definition) is 1. The van der Waals surface area contributed by atoms with Crippen molar-refractivity contribution in [2.24, 2.45) is 4.99 Å². The summed E-state index contributed by atoms with van der Waals surface area (Å²) in [6, 6.07) is 25.6. The largest absolute Gasteiger partial charge is 0.256 e. The second-order valence-electron chi connectivity index (χ2n) is 8.44. The van der Waals surface area contributed by atoms with E-state index >= 15 is 0 Å². The van der Waals surface area contributed by atoms with E-state index in [1.807, 2.05) is 30.5 Å². The minimum Gasteiger partial charge on any atom is -0.256 e. The molecule has 0 aliphatic heterocycles. The Labute approximate surface area is 189 Å². The van der Waals surface area contributed by atoms with Crippen LogP contribution >= 0.6 is 0 Å². The number of nitrogens with zero attached hydrogens (tertiary/aromatic N) is 1. The second-order valence-corrected chi connectivity index (χ2v) is 10.2. The molecular weight excluding hydrogens is 416 g/mol. The average molecular weight is 443 g/mol. The van der Waals surface area contributed by atoms with E-state index in [1.165, 1.54) is 17.2 Å². The van der Waals surface area contributed by atoms with Gasteiger partial charge in [-0.3, -0.25) is 4.99 Å². The molecule has 4 nitrogen and oxygen atoms in total. The first-order chi connectivity index (χ1) is 15.6. The molecule has 0 aromatic heterocycles. The number of aliphatic imine (C=N–C) groups is 1. The fourth-order valence-electron chi connectivity index (χ4n) is 4.55. The molecule has 0 bridgehead atoms. The van der Waals surface area contributed by atoms with Crippen molar-refractivity contribution in [2.45, 2.75) is 43.0 Å². The number of hydrogen-bond acceptors (Lipinski definition) is 3. The smallest absolute Gasteiger partial charge is 0.240 e. The lowest BCUT2D eigenvalue weighted by atomic mass is 9.96. The second kappa shape index (κ2) is 8.85. The van der Waals surface area contributed by atoms with Crippen molar-refractivity contribution in [1.29, 1.82) is 0 Å². The first-order valence-corrected chi connectivity index (χ1v) is 12.7. The van der Waals surface area contributed by atoms with Crippen molar-refractivity contribution < 1.29 is 8.42 Å². The summed E-state index contributed by atoms with van der Waals surface area (Å²) in [6.45, 7) is 0. The molecular formula is C27H26N2O2S. The minimum atomic E-state index is -3.50. The summed E-state index contributed by atoms with van der Waals surface area (Å²) in [5.41, 5.74) is 1.79. The molecule has 0 heterocycles. The molecule has 1 saturated carbocycles. The molecule has 0 radical (unpaired) electrons. The van der Waals surface area contributed by atoms with Crippen LogP contribution in [-0.4, -0.2) is 20.7 Å². The highest BCUT2D eigenvalue weighted by atomic mass is 32.2. The van der Waals surface area contributed by atoms with E-state index in [-0.39, 0.29) is 10.9 Å². The number of benzene rings is 4. The van der Waals surface area contributed by atoms with Crippen LogP contribution in [0.15, 0.2) is 88.8 Å². The minimum absolute atomic E-state index is 0.0473. The van der Waals surface area contributed by atoms with Crippen LogP contribution in [-0.2, 0) is 10.0 Å². The molecule has 162 valence electrons. The van der Waals surface area contributed by atoms with E-state index in [2.05, 4.69) is 40.0 Å².